The topological polar surface area (TPSA) is 58.6 Å². The standard InChI is InChI=1S/C26H30N4O2/c1-4-21-9-11-22(12-10-21)32-20(3)26(31)30-17-15-29(16-18-30)25-14-13-24(27-28-25)23-8-6-5-7-19(23)2/h5-14,20H,4,15-18H2,1-3H3. The number of anilines is 1. The van der Waals surface area contributed by atoms with E-state index in [-0.39, 0.29) is 5.91 Å². The summed E-state index contributed by atoms with van der Waals surface area (Å²) in [4.78, 5) is 16.9. The first-order valence-corrected chi connectivity index (χ1v) is 11.2. The van der Waals surface area contributed by atoms with Crippen LogP contribution in [-0.4, -0.2) is 53.3 Å². The minimum absolute atomic E-state index is 0.0187. The van der Waals surface area contributed by atoms with Crippen LogP contribution in [0.4, 0.5) is 5.82 Å². The molecule has 1 amide bonds. The minimum Gasteiger partial charge on any atom is -0.481 e. The van der Waals surface area contributed by atoms with Gasteiger partial charge >= 0.3 is 0 Å². The Kier molecular flexibility index (Phi) is 6.69. The normalized spacial score (nSPS) is 14.8. The molecule has 0 radical (unpaired) electrons. The lowest BCUT2D eigenvalue weighted by Gasteiger charge is -2.36. The molecule has 32 heavy (non-hydrogen) atoms. The number of hydrogen-bond donors (Lipinski definition) is 0. The first-order chi connectivity index (χ1) is 15.5. The van der Waals surface area contributed by atoms with Crippen LogP contribution in [0, 0.1) is 6.92 Å². The van der Waals surface area contributed by atoms with E-state index in [0.29, 0.717) is 13.1 Å². The fraction of sp³-hybridized carbons (Fsp3) is 0.346. The number of nitrogens with zero attached hydrogens (tertiary/aromatic N) is 4. The van der Waals surface area contributed by atoms with Crippen LogP contribution in [0.3, 0.4) is 0 Å². The Bertz CT molecular complexity index is 1040. The summed E-state index contributed by atoms with van der Waals surface area (Å²) in [7, 11) is 0. The number of rotatable bonds is 6. The van der Waals surface area contributed by atoms with Gasteiger partial charge in [-0.3, -0.25) is 4.79 Å². The van der Waals surface area contributed by atoms with E-state index in [2.05, 4.69) is 41.1 Å². The zero-order chi connectivity index (χ0) is 22.5. The first kappa shape index (κ1) is 21.8. The van der Waals surface area contributed by atoms with Gasteiger partial charge in [0.15, 0.2) is 11.9 Å². The van der Waals surface area contributed by atoms with E-state index in [1.807, 2.05) is 60.4 Å². The lowest BCUT2D eigenvalue weighted by atomic mass is 10.1. The van der Waals surface area contributed by atoms with Crippen molar-refractivity contribution in [2.45, 2.75) is 33.3 Å². The van der Waals surface area contributed by atoms with Gasteiger partial charge in [0.25, 0.3) is 5.91 Å². The highest BCUT2D eigenvalue weighted by molar-refractivity contribution is 5.81. The molecule has 1 unspecified atom stereocenters. The number of piperazine rings is 1. The van der Waals surface area contributed by atoms with Gasteiger partial charge in [-0.25, -0.2) is 0 Å². The van der Waals surface area contributed by atoms with E-state index in [0.717, 1.165) is 42.3 Å². The average molecular weight is 431 g/mol. The van der Waals surface area contributed by atoms with Crippen LogP contribution in [0.25, 0.3) is 11.3 Å². The van der Waals surface area contributed by atoms with Crippen molar-refractivity contribution in [1.29, 1.82) is 0 Å². The SMILES string of the molecule is CCc1ccc(OC(C)C(=O)N2CCN(c3ccc(-c4ccccc4C)nn3)CC2)cc1. The van der Waals surface area contributed by atoms with Crippen LogP contribution in [-0.2, 0) is 11.2 Å². The van der Waals surface area contributed by atoms with E-state index in [4.69, 9.17) is 4.74 Å². The number of aryl methyl sites for hydroxylation is 2. The van der Waals surface area contributed by atoms with Crippen LogP contribution >= 0.6 is 0 Å². The molecule has 1 aromatic heterocycles. The second-order valence-corrected chi connectivity index (χ2v) is 8.16. The van der Waals surface area contributed by atoms with Gasteiger partial charge in [-0.05, 0) is 55.7 Å². The van der Waals surface area contributed by atoms with Crippen LogP contribution in [0.2, 0.25) is 0 Å². The predicted molar refractivity (Wildman–Crippen MR) is 127 cm³/mol. The van der Waals surface area contributed by atoms with Gasteiger partial charge < -0.3 is 14.5 Å². The highest BCUT2D eigenvalue weighted by Gasteiger charge is 2.26. The van der Waals surface area contributed by atoms with E-state index < -0.39 is 6.10 Å². The highest BCUT2D eigenvalue weighted by Crippen LogP contribution is 2.22. The summed E-state index contributed by atoms with van der Waals surface area (Å²) >= 11 is 0. The Hall–Kier alpha value is -3.41. The molecule has 2 heterocycles. The largest absolute Gasteiger partial charge is 0.481 e. The summed E-state index contributed by atoms with van der Waals surface area (Å²) in [6, 6.07) is 20.1. The summed E-state index contributed by atoms with van der Waals surface area (Å²) in [6.45, 7) is 8.74. The Balaban J connectivity index is 1.32. The summed E-state index contributed by atoms with van der Waals surface area (Å²) in [5.41, 5.74) is 4.40. The maximum atomic E-state index is 12.9. The molecule has 0 bridgehead atoms. The molecule has 0 N–H and O–H groups in total. The van der Waals surface area contributed by atoms with Crippen molar-refractivity contribution in [3.05, 3.63) is 71.8 Å². The van der Waals surface area contributed by atoms with Crippen LogP contribution in [0.1, 0.15) is 25.0 Å². The van der Waals surface area contributed by atoms with E-state index in [9.17, 15) is 4.79 Å². The maximum Gasteiger partial charge on any atom is 0.263 e. The summed E-state index contributed by atoms with van der Waals surface area (Å²) in [5, 5.41) is 8.88. The quantitative estimate of drug-likeness (QED) is 0.589. The molecule has 166 valence electrons. The zero-order valence-corrected chi connectivity index (χ0v) is 19.0. The molecule has 0 aliphatic carbocycles. The van der Waals surface area contributed by atoms with Crippen LogP contribution in [0.15, 0.2) is 60.7 Å². The molecule has 1 saturated heterocycles. The van der Waals surface area contributed by atoms with Gasteiger partial charge in [0.1, 0.15) is 5.75 Å². The Morgan fingerprint density at radius 1 is 0.969 bits per heavy atom. The van der Waals surface area contributed by atoms with Crippen LogP contribution in [0.5, 0.6) is 5.75 Å². The maximum absolute atomic E-state index is 12.9. The fourth-order valence-electron chi connectivity index (χ4n) is 3.97. The van der Waals surface area contributed by atoms with Crippen molar-refractivity contribution in [3.8, 4) is 17.0 Å². The van der Waals surface area contributed by atoms with E-state index >= 15 is 0 Å². The highest BCUT2D eigenvalue weighted by atomic mass is 16.5. The van der Waals surface area contributed by atoms with Crippen molar-refractivity contribution in [3.63, 3.8) is 0 Å². The van der Waals surface area contributed by atoms with Gasteiger partial charge in [-0.15, -0.1) is 10.2 Å². The third kappa shape index (κ3) is 4.90. The summed E-state index contributed by atoms with van der Waals surface area (Å²) < 4.78 is 5.88. The second-order valence-electron chi connectivity index (χ2n) is 8.16. The van der Waals surface area contributed by atoms with E-state index in [1.165, 1.54) is 11.1 Å². The molecule has 2 aromatic carbocycles. The molecule has 1 aliphatic rings. The number of amides is 1. The summed E-state index contributed by atoms with van der Waals surface area (Å²) in [5.74, 6) is 1.59. The van der Waals surface area contributed by atoms with Crippen LogP contribution < -0.4 is 9.64 Å². The Labute approximate surface area is 189 Å². The number of hydrogen-bond acceptors (Lipinski definition) is 5. The second kappa shape index (κ2) is 9.81. The number of carbonyl (C=O) groups is 1. The number of aromatic nitrogens is 2. The Morgan fingerprint density at radius 2 is 1.69 bits per heavy atom. The molecule has 6 nitrogen and oxygen atoms in total. The molecule has 3 aromatic rings. The van der Waals surface area contributed by atoms with Gasteiger partial charge in [-0.1, -0.05) is 43.3 Å². The summed E-state index contributed by atoms with van der Waals surface area (Å²) in [6.07, 6.45) is 0.472. The van der Waals surface area contributed by atoms with Crippen molar-refractivity contribution >= 4 is 11.7 Å². The molecule has 1 fully saturated rings. The van der Waals surface area contributed by atoms with Gasteiger partial charge in [0.05, 0.1) is 5.69 Å². The molecule has 0 spiro atoms. The Morgan fingerprint density at radius 3 is 2.31 bits per heavy atom. The number of carbonyl (C=O) groups excluding carboxylic acids is 1. The lowest BCUT2D eigenvalue weighted by molar-refractivity contribution is -0.138. The molecule has 0 saturated carbocycles. The average Bonchev–Trinajstić information content (AvgIpc) is 2.84. The lowest BCUT2D eigenvalue weighted by Crippen LogP contribution is -2.52. The molecular formula is C26H30N4O2. The van der Waals surface area contributed by atoms with E-state index in [1.54, 1.807) is 0 Å². The van der Waals surface area contributed by atoms with Gasteiger partial charge in [0.2, 0.25) is 0 Å². The number of benzene rings is 2. The van der Waals surface area contributed by atoms with Crippen molar-refractivity contribution in [2.24, 2.45) is 0 Å². The van der Waals surface area contributed by atoms with Crippen molar-refractivity contribution < 1.29 is 9.53 Å². The predicted octanol–water partition coefficient (Wildman–Crippen LogP) is 4.13. The first-order valence-electron chi connectivity index (χ1n) is 11.2. The third-order valence-corrected chi connectivity index (χ3v) is 5.98. The van der Waals surface area contributed by atoms with Crippen molar-refractivity contribution in [1.82, 2.24) is 15.1 Å². The molecular weight excluding hydrogens is 400 g/mol. The zero-order valence-electron chi connectivity index (χ0n) is 19.0. The van der Waals surface area contributed by atoms with Gasteiger partial charge in [0, 0.05) is 31.7 Å². The number of ether oxygens (including phenoxy) is 1. The van der Waals surface area contributed by atoms with Gasteiger partial charge in [-0.2, -0.15) is 0 Å². The molecule has 4 rings (SSSR count). The monoisotopic (exact) mass is 430 g/mol. The fourth-order valence-corrected chi connectivity index (χ4v) is 3.97. The molecule has 6 heteroatoms. The molecule has 1 atom stereocenters. The minimum atomic E-state index is -0.512. The molecule has 1 aliphatic heterocycles. The van der Waals surface area contributed by atoms with Crippen molar-refractivity contribution in [2.75, 3.05) is 31.1 Å². The third-order valence-electron chi connectivity index (χ3n) is 5.98. The smallest absolute Gasteiger partial charge is 0.263 e.